The molecule has 0 saturated carbocycles. The Hall–Kier alpha value is -3.94. The first-order chi connectivity index (χ1) is 14.3. The van der Waals surface area contributed by atoms with E-state index < -0.39 is 17.4 Å². The molecule has 0 spiro atoms. The van der Waals surface area contributed by atoms with Gasteiger partial charge in [0.1, 0.15) is 25.7 Å². The normalized spacial score (nSPS) is 19.1. The van der Waals surface area contributed by atoms with Crippen molar-refractivity contribution in [3.63, 3.8) is 0 Å². The Bertz CT molecular complexity index is 1360. The zero-order valence-corrected chi connectivity index (χ0v) is 16.2. The molecule has 2 heterocycles. The minimum atomic E-state index is -0.715. The van der Waals surface area contributed by atoms with Gasteiger partial charge in [-0.2, -0.15) is 0 Å². The average Bonchev–Trinajstić information content (AvgIpc) is 3.03. The molecule has 1 aliphatic carbocycles. The van der Waals surface area contributed by atoms with E-state index in [1.54, 1.807) is 25.2 Å². The molecule has 0 saturated heterocycles. The van der Waals surface area contributed by atoms with Gasteiger partial charge < -0.3 is 15.3 Å². The first kappa shape index (κ1) is 18.1. The van der Waals surface area contributed by atoms with Crippen LogP contribution in [-0.4, -0.2) is 31.4 Å². The first-order valence-electron chi connectivity index (χ1n) is 9.42. The standard InChI is InChI=1S/C22H17N3O5/c1-24-20-17(21(29)25(2)22(24)30)15(10-7-8-13(26)14(27)9-10)16-18(23-20)11-5-3-4-6-12(11)19(16)28/h3-9,15-16H,1-2H3,(H2,23,26,27,28,29)/p+2. The second-order valence-corrected chi connectivity index (χ2v) is 7.64. The molecule has 0 fully saturated rings. The summed E-state index contributed by atoms with van der Waals surface area (Å²) in [6.45, 7) is 0. The lowest BCUT2D eigenvalue weighted by Crippen LogP contribution is -2.77. The highest BCUT2D eigenvalue weighted by molar-refractivity contribution is 6.27. The molecule has 2 aromatic carbocycles. The van der Waals surface area contributed by atoms with E-state index in [1.165, 1.54) is 23.7 Å². The van der Waals surface area contributed by atoms with Gasteiger partial charge in [0.15, 0.2) is 22.8 Å². The maximum atomic E-state index is 13.4. The number of nitrogens with one attached hydrogen (secondary N) is 1. The van der Waals surface area contributed by atoms with Gasteiger partial charge >= 0.3 is 17.4 Å². The van der Waals surface area contributed by atoms with Crippen molar-refractivity contribution in [3.8, 4) is 17.5 Å². The summed E-state index contributed by atoms with van der Waals surface area (Å²) in [5, 5.41) is 30.3. The van der Waals surface area contributed by atoms with Crippen LogP contribution in [0.1, 0.15) is 33.0 Å². The molecule has 1 aromatic heterocycles. The predicted octanol–water partition coefficient (Wildman–Crippen LogP) is -0.514. The largest absolute Gasteiger partial charge is 0.519 e. The quantitative estimate of drug-likeness (QED) is 0.321. The van der Waals surface area contributed by atoms with E-state index in [0.717, 1.165) is 10.1 Å². The van der Waals surface area contributed by atoms with E-state index in [2.05, 4.69) is 4.99 Å². The molecule has 2 unspecified atom stereocenters. The van der Waals surface area contributed by atoms with Crippen LogP contribution in [0.3, 0.4) is 0 Å². The number of aromatic nitrogens is 2. The predicted molar refractivity (Wildman–Crippen MR) is 105 cm³/mol. The van der Waals surface area contributed by atoms with Crippen molar-refractivity contribution in [2.75, 3.05) is 0 Å². The lowest BCUT2D eigenvalue weighted by molar-refractivity contribution is -0.724. The van der Waals surface area contributed by atoms with Crippen LogP contribution in [0.5, 0.6) is 17.5 Å². The van der Waals surface area contributed by atoms with Crippen molar-refractivity contribution in [2.45, 2.75) is 5.92 Å². The molecule has 150 valence electrons. The van der Waals surface area contributed by atoms with Gasteiger partial charge in [0.05, 0.1) is 0 Å². The third-order valence-corrected chi connectivity index (χ3v) is 6.06. The molecule has 8 heteroatoms. The fourth-order valence-electron chi connectivity index (χ4n) is 4.56. The topological polar surface area (TPSA) is 118 Å². The van der Waals surface area contributed by atoms with E-state index in [9.17, 15) is 24.9 Å². The van der Waals surface area contributed by atoms with Crippen LogP contribution < -0.4 is 15.1 Å². The van der Waals surface area contributed by atoms with Gasteiger partial charge in [-0.15, -0.1) is 9.13 Å². The van der Waals surface area contributed by atoms with Crippen molar-refractivity contribution in [2.24, 2.45) is 20.0 Å². The van der Waals surface area contributed by atoms with Crippen molar-refractivity contribution < 1.29 is 29.7 Å². The number of Topliss-reactive ketones (excluding diaryl/α,β-unsaturated/α-hetero) is 1. The number of fused-ring (bicyclic) bond motifs is 4. The number of hydrogen-bond donors (Lipinski definition) is 4. The van der Waals surface area contributed by atoms with Crippen molar-refractivity contribution in [3.05, 3.63) is 75.1 Å². The number of carbonyl (C=O) groups is 1. The Morgan fingerprint density at radius 1 is 0.967 bits per heavy atom. The number of benzene rings is 2. The molecule has 0 amide bonds. The molecule has 0 radical (unpaired) electrons. The maximum absolute atomic E-state index is 13.4. The molecule has 4 N–H and O–H groups in total. The third kappa shape index (κ3) is 2.21. The minimum Gasteiger partial charge on any atom is -0.504 e. The maximum Gasteiger partial charge on any atom is 0.519 e. The smallest absolute Gasteiger partial charge is 0.504 e. The fourth-order valence-corrected chi connectivity index (χ4v) is 4.56. The Labute approximate surface area is 170 Å². The Kier molecular flexibility index (Phi) is 3.64. The zero-order valence-electron chi connectivity index (χ0n) is 16.2. The van der Waals surface area contributed by atoms with Crippen LogP contribution >= 0.6 is 0 Å². The molecule has 1 aliphatic heterocycles. The highest BCUT2D eigenvalue weighted by Crippen LogP contribution is 2.43. The summed E-state index contributed by atoms with van der Waals surface area (Å²) in [5.74, 6) is -1.79. The Morgan fingerprint density at radius 3 is 2.37 bits per heavy atom. The van der Waals surface area contributed by atoms with Gasteiger partial charge in [-0.25, -0.2) is 9.79 Å². The molecule has 2 atom stereocenters. The summed E-state index contributed by atoms with van der Waals surface area (Å²) in [5.41, 5.74) is 2.30. The number of carbonyl (C=O) groups excluding carboxylic acids is 1. The lowest BCUT2D eigenvalue weighted by Gasteiger charge is -2.25. The van der Waals surface area contributed by atoms with E-state index >= 15 is 0 Å². The second-order valence-electron chi connectivity index (χ2n) is 7.64. The fraction of sp³-hybridized carbons (Fsp3) is 0.182. The second kappa shape index (κ2) is 6.03. The van der Waals surface area contributed by atoms with E-state index in [1.807, 2.05) is 12.1 Å². The van der Waals surface area contributed by atoms with Gasteiger partial charge in [0, 0.05) is 17.0 Å². The van der Waals surface area contributed by atoms with Crippen LogP contribution in [0.4, 0.5) is 5.82 Å². The van der Waals surface area contributed by atoms with Crippen LogP contribution in [0.25, 0.3) is 0 Å². The summed E-state index contributed by atoms with van der Waals surface area (Å²) in [6, 6.07) is 11.3. The molecule has 30 heavy (non-hydrogen) atoms. The van der Waals surface area contributed by atoms with Gasteiger partial charge in [-0.05, 0) is 23.8 Å². The number of hydrogen-bond acceptors (Lipinski definition) is 5. The van der Waals surface area contributed by atoms with Crippen molar-refractivity contribution >= 4 is 17.3 Å². The highest BCUT2D eigenvalue weighted by Gasteiger charge is 2.52. The monoisotopic (exact) mass is 405 g/mol. The number of rotatable bonds is 1. The summed E-state index contributed by atoms with van der Waals surface area (Å²) in [6.07, 6.45) is 0. The number of phenols is 2. The van der Waals surface area contributed by atoms with E-state index in [-0.39, 0.29) is 23.3 Å². The van der Waals surface area contributed by atoms with Crippen LogP contribution in [0.2, 0.25) is 0 Å². The third-order valence-electron chi connectivity index (χ3n) is 6.06. The lowest BCUT2D eigenvalue weighted by atomic mass is 9.76. The molecule has 3 aromatic rings. The molecule has 2 aliphatic rings. The van der Waals surface area contributed by atoms with Crippen LogP contribution in [-0.2, 0) is 14.1 Å². The zero-order chi connectivity index (χ0) is 21.3. The van der Waals surface area contributed by atoms with E-state index in [4.69, 9.17) is 0 Å². The summed E-state index contributed by atoms with van der Waals surface area (Å²) in [4.78, 5) is 29.8. The van der Waals surface area contributed by atoms with E-state index in [0.29, 0.717) is 28.2 Å². The number of aromatic hydroxyl groups is 3. The molecular weight excluding hydrogens is 386 g/mol. The molecule has 0 bridgehead atoms. The molecular formula is C22H19N3O5+2. The van der Waals surface area contributed by atoms with Crippen molar-refractivity contribution in [1.29, 1.82) is 0 Å². The Morgan fingerprint density at radius 2 is 1.67 bits per heavy atom. The minimum absolute atomic E-state index is 0.130. The summed E-state index contributed by atoms with van der Waals surface area (Å²) >= 11 is 0. The van der Waals surface area contributed by atoms with Crippen LogP contribution in [0.15, 0.2) is 47.3 Å². The van der Waals surface area contributed by atoms with Gasteiger partial charge in [0.25, 0.3) is 0 Å². The van der Waals surface area contributed by atoms with Crippen molar-refractivity contribution in [1.82, 2.24) is 4.57 Å². The summed E-state index contributed by atoms with van der Waals surface area (Å²) in [7, 11) is 3.07. The van der Waals surface area contributed by atoms with Gasteiger partial charge in [0.2, 0.25) is 0 Å². The molecule has 8 nitrogen and oxygen atoms in total. The number of phenolic OH excluding ortho intramolecular Hbond substituents is 2. The Balaban J connectivity index is 1.89. The SMILES string of the molecule is Cn1c(O)[n+](C)c2c(c1=O)C(c1ccc(O)c(O)c1)C1C(=O)c3ccccc3C1=[NH+]2. The van der Waals surface area contributed by atoms with Gasteiger partial charge in [-0.3, -0.25) is 4.79 Å². The summed E-state index contributed by atoms with van der Waals surface area (Å²) < 4.78 is 2.57. The van der Waals surface area contributed by atoms with Crippen LogP contribution in [0, 0.1) is 5.92 Å². The number of ketones is 1. The highest BCUT2D eigenvalue weighted by atomic mass is 16.3. The van der Waals surface area contributed by atoms with Gasteiger partial charge in [-0.1, -0.05) is 24.3 Å². The molecule has 5 rings (SSSR count). The average molecular weight is 405 g/mol. The first-order valence-corrected chi connectivity index (χ1v) is 9.42. The number of nitrogens with zero attached hydrogens (tertiary/aromatic N) is 2.